The summed E-state index contributed by atoms with van der Waals surface area (Å²) in [4.78, 5) is 24.7. The number of para-hydroxylation sites is 1. The predicted octanol–water partition coefficient (Wildman–Crippen LogP) is 6.75. The van der Waals surface area contributed by atoms with Gasteiger partial charge in [0.2, 0.25) is 5.69 Å². The van der Waals surface area contributed by atoms with Gasteiger partial charge in [-0.05, 0) is 55.9 Å². The lowest BCUT2D eigenvalue weighted by Crippen LogP contribution is -2.27. The van der Waals surface area contributed by atoms with Gasteiger partial charge in [0, 0.05) is 42.1 Å². The maximum absolute atomic E-state index is 13.6. The summed E-state index contributed by atoms with van der Waals surface area (Å²) in [6, 6.07) is 14.5. The summed E-state index contributed by atoms with van der Waals surface area (Å²) in [5, 5.41) is 13.8. The number of aliphatic hydroxyl groups excluding tert-OH is 1. The Bertz CT molecular complexity index is 1440. The average Bonchev–Trinajstić information content (AvgIpc) is 3.34. The molecule has 0 bridgehead atoms. The van der Waals surface area contributed by atoms with E-state index in [0.717, 1.165) is 25.7 Å². The number of hydrogen-bond acceptors (Lipinski definition) is 5. The van der Waals surface area contributed by atoms with Gasteiger partial charge >= 0.3 is 0 Å². The van der Waals surface area contributed by atoms with Gasteiger partial charge in [0.1, 0.15) is 17.1 Å². The van der Waals surface area contributed by atoms with Gasteiger partial charge < -0.3 is 20.1 Å². The topological polar surface area (TPSA) is 91.6 Å². The van der Waals surface area contributed by atoms with Crippen LogP contribution in [0.1, 0.15) is 41.6 Å². The molecule has 2 aromatic heterocycles. The molecule has 182 valence electrons. The van der Waals surface area contributed by atoms with E-state index in [1.54, 1.807) is 24.4 Å². The summed E-state index contributed by atoms with van der Waals surface area (Å²) in [5.41, 5.74) is 2.22. The molecule has 1 saturated carbocycles. The number of aromatic amines is 1. The number of hydrogen-bond donors (Lipinski definition) is 3. The van der Waals surface area contributed by atoms with Crippen molar-refractivity contribution in [3.05, 3.63) is 88.5 Å². The number of aliphatic hydroxyl groups is 1. The molecule has 1 fully saturated rings. The van der Waals surface area contributed by atoms with Crippen molar-refractivity contribution in [2.75, 3.05) is 11.9 Å². The van der Waals surface area contributed by atoms with Crippen molar-refractivity contribution in [1.82, 2.24) is 9.97 Å². The summed E-state index contributed by atoms with van der Waals surface area (Å²) in [6.45, 7) is 7.87. The molecule has 0 aliphatic heterocycles. The molecule has 0 radical (unpaired) electrons. The van der Waals surface area contributed by atoms with Gasteiger partial charge in [0.05, 0.1) is 22.8 Å². The van der Waals surface area contributed by atoms with E-state index >= 15 is 0 Å². The fourth-order valence-electron chi connectivity index (χ4n) is 4.70. The van der Waals surface area contributed by atoms with Crippen LogP contribution in [0.25, 0.3) is 15.9 Å². The quantitative estimate of drug-likeness (QED) is 0.193. The molecule has 0 atom stereocenters. The number of benzene rings is 2. The first-order valence-electron chi connectivity index (χ1n) is 11.9. The smallest absolute Gasteiger partial charge is 0.228 e. The van der Waals surface area contributed by atoms with E-state index in [-0.39, 0.29) is 23.5 Å². The number of carbonyl (C=O) groups excluding carboxylic acids is 1. The average molecular weight is 501 g/mol. The Morgan fingerprint density at radius 3 is 2.61 bits per heavy atom. The van der Waals surface area contributed by atoms with Crippen LogP contribution in [0, 0.1) is 12.5 Å². The molecule has 3 N–H and O–H groups in total. The third-order valence-electron chi connectivity index (χ3n) is 6.66. The zero-order valence-electron chi connectivity index (χ0n) is 19.5. The van der Waals surface area contributed by atoms with Crippen molar-refractivity contribution in [2.45, 2.75) is 31.7 Å². The maximum Gasteiger partial charge on any atom is 0.228 e. The first-order valence-corrected chi connectivity index (χ1v) is 12.3. The largest absolute Gasteiger partial charge is 0.457 e. The number of ether oxygens (including phenoxy) is 1. The van der Waals surface area contributed by atoms with Crippen LogP contribution < -0.4 is 10.1 Å². The minimum absolute atomic E-state index is 0.148. The Hall–Kier alpha value is -3.86. The van der Waals surface area contributed by atoms with Gasteiger partial charge in [-0.2, -0.15) is 0 Å². The summed E-state index contributed by atoms with van der Waals surface area (Å²) in [7, 11) is 0. The molecule has 8 heteroatoms. The molecular weight excluding hydrogens is 476 g/mol. The zero-order chi connectivity index (χ0) is 25.1. The van der Waals surface area contributed by atoms with Gasteiger partial charge in [-0.1, -0.05) is 29.8 Å². The number of carbonyl (C=O) groups is 1. The van der Waals surface area contributed by atoms with Gasteiger partial charge in [-0.3, -0.25) is 4.79 Å². The minimum atomic E-state index is -0.270. The summed E-state index contributed by atoms with van der Waals surface area (Å²) in [6.07, 6.45) is 6.74. The van der Waals surface area contributed by atoms with Crippen LogP contribution in [0.2, 0.25) is 5.02 Å². The minimum Gasteiger partial charge on any atom is -0.457 e. The number of ketones is 1. The molecule has 1 aliphatic rings. The number of rotatable bonds is 7. The van der Waals surface area contributed by atoms with Crippen LogP contribution in [0.15, 0.2) is 60.9 Å². The fourth-order valence-corrected chi connectivity index (χ4v) is 4.96. The second-order valence-electron chi connectivity index (χ2n) is 8.99. The van der Waals surface area contributed by atoms with E-state index in [2.05, 4.69) is 20.1 Å². The summed E-state index contributed by atoms with van der Waals surface area (Å²) >= 11 is 6.53. The molecule has 0 saturated heterocycles. The number of nitrogens with zero attached hydrogens (tertiary/aromatic N) is 2. The molecular formula is C28H25ClN4O3. The van der Waals surface area contributed by atoms with Gasteiger partial charge in [-0.25, -0.2) is 9.83 Å². The lowest BCUT2D eigenvalue weighted by Gasteiger charge is -2.29. The normalized spacial score (nSPS) is 17.5. The SMILES string of the molecule is [C-]#[N+]c1cnc2[nH]cc(C(=O)c3ccc(Oc4ccccc4)cc3Cl)c2c1NC1CCC(CO)CC1. The highest BCUT2D eigenvalue weighted by Gasteiger charge is 2.25. The van der Waals surface area contributed by atoms with Gasteiger partial charge in [-0.15, -0.1) is 0 Å². The molecule has 2 aromatic carbocycles. The second kappa shape index (κ2) is 10.4. The standard InChI is InChI=1S/C28H25ClN4O3/c1-30-24-15-32-28-25(26(24)33-18-9-7-17(16-34)8-10-18)22(14-31-28)27(35)21-12-11-20(13-23(21)29)36-19-5-3-2-4-6-19/h2-6,11-15,17-18,34H,7-10,16H2,(H2,31,32,33). The first kappa shape index (κ1) is 23.9. The number of anilines is 1. The van der Waals surface area contributed by atoms with E-state index in [1.165, 1.54) is 6.20 Å². The van der Waals surface area contributed by atoms with Crippen molar-refractivity contribution in [3.8, 4) is 11.5 Å². The number of fused-ring (bicyclic) bond motifs is 1. The molecule has 7 nitrogen and oxygen atoms in total. The van der Waals surface area contributed by atoms with Crippen LogP contribution in [0.3, 0.4) is 0 Å². The van der Waals surface area contributed by atoms with Crippen LogP contribution in [-0.4, -0.2) is 33.5 Å². The zero-order valence-corrected chi connectivity index (χ0v) is 20.3. The first-order chi connectivity index (χ1) is 17.6. The number of pyridine rings is 1. The molecule has 1 aliphatic carbocycles. The van der Waals surface area contributed by atoms with Crippen molar-refractivity contribution < 1.29 is 14.6 Å². The Kier molecular flexibility index (Phi) is 6.90. The van der Waals surface area contributed by atoms with Crippen molar-refractivity contribution in [1.29, 1.82) is 0 Å². The van der Waals surface area contributed by atoms with Crippen molar-refractivity contribution >= 4 is 39.8 Å². The van der Waals surface area contributed by atoms with E-state index < -0.39 is 0 Å². The number of nitrogens with one attached hydrogen (secondary N) is 2. The molecule has 0 amide bonds. The van der Waals surface area contributed by atoms with Crippen LogP contribution in [0.4, 0.5) is 11.4 Å². The lowest BCUT2D eigenvalue weighted by atomic mass is 9.86. The Morgan fingerprint density at radius 2 is 1.92 bits per heavy atom. The highest BCUT2D eigenvalue weighted by atomic mass is 35.5. The Balaban J connectivity index is 1.47. The second-order valence-corrected chi connectivity index (χ2v) is 9.39. The third-order valence-corrected chi connectivity index (χ3v) is 6.98. The molecule has 0 unspecified atom stereocenters. The summed E-state index contributed by atoms with van der Waals surface area (Å²) < 4.78 is 5.83. The van der Waals surface area contributed by atoms with Gasteiger partial charge in [0.15, 0.2) is 5.78 Å². The molecule has 5 rings (SSSR count). The van der Waals surface area contributed by atoms with Crippen LogP contribution in [0.5, 0.6) is 11.5 Å². The number of H-pyrrole nitrogens is 1. The third kappa shape index (κ3) is 4.78. The lowest BCUT2D eigenvalue weighted by molar-refractivity contribution is 0.104. The van der Waals surface area contributed by atoms with Crippen LogP contribution in [-0.2, 0) is 0 Å². The number of halogens is 1. The molecule has 4 aromatic rings. The van der Waals surface area contributed by atoms with Gasteiger partial charge in [0.25, 0.3) is 0 Å². The van der Waals surface area contributed by atoms with Crippen molar-refractivity contribution in [3.63, 3.8) is 0 Å². The van der Waals surface area contributed by atoms with Crippen molar-refractivity contribution in [2.24, 2.45) is 5.92 Å². The summed E-state index contributed by atoms with van der Waals surface area (Å²) in [5.74, 6) is 1.25. The van der Waals surface area contributed by atoms with E-state index in [0.29, 0.717) is 51.0 Å². The fraction of sp³-hybridized carbons (Fsp3) is 0.250. The van der Waals surface area contributed by atoms with E-state index in [9.17, 15) is 9.90 Å². The Labute approximate surface area is 213 Å². The monoisotopic (exact) mass is 500 g/mol. The number of aromatic nitrogens is 2. The molecule has 2 heterocycles. The Morgan fingerprint density at radius 1 is 1.14 bits per heavy atom. The highest BCUT2D eigenvalue weighted by Crippen LogP contribution is 2.38. The maximum atomic E-state index is 13.6. The van der Waals surface area contributed by atoms with E-state index in [4.69, 9.17) is 22.9 Å². The predicted molar refractivity (Wildman–Crippen MR) is 140 cm³/mol. The highest BCUT2D eigenvalue weighted by molar-refractivity contribution is 6.36. The molecule has 0 spiro atoms. The molecule has 36 heavy (non-hydrogen) atoms. The van der Waals surface area contributed by atoms with E-state index in [1.807, 2.05) is 30.3 Å². The van der Waals surface area contributed by atoms with Crippen LogP contribution >= 0.6 is 11.6 Å².